The fourth-order valence-electron chi connectivity index (χ4n) is 3.56. The molecule has 2 N–H and O–H groups in total. The number of likely N-dealkylation sites (tertiary alicyclic amines) is 1. The number of carboxylic acid groups (broad SMARTS) is 1. The molecule has 2 aliphatic rings. The zero-order chi connectivity index (χ0) is 14.7. The zero-order valence-corrected chi connectivity index (χ0v) is 12.5. The SMILES string of the molecule is CC1CCCC(C)C1NC(=O)N1CCCC(C(=O)O)C1. The number of hydrogen-bond donors (Lipinski definition) is 2. The lowest BCUT2D eigenvalue weighted by Gasteiger charge is -2.38. The summed E-state index contributed by atoms with van der Waals surface area (Å²) in [6, 6.07) is 0.142. The molecule has 1 saturated carbocycles. The minimum Gasteiger partial charge on any atom is -0.481 e. The third-order valence-electron chi connectivity index (χ3n) is 4.89. The molecule has 2 fully saturated rings. The Morgan fingerprint density at radius 3 is 2.35 bits per heavy atom. The first-order valence-electron chi connectivity index (χ1n) is 7.77. The van der Waals surface area contributed by atoms with Crippen LogP contribution in [0.5, 0.6) is 0 Å². The Kier molecular flexibility index (Phi) is 4.89. The van der Waals surface area contributed by atoms with Gasteiger partial charge in [-0.2, -0.15) is 0 Å². The summed E-state index contributed by atoms with van der Waals surface area (Å²) in [6.45, 7) is 5.40. The van der Waals surface area contributed by atoms with Gasteiger partial charge in [0.05, 0.1) is 5.92 Å². The number of carbonyl (C=O) groups is 2. The molecule has 0 aromatic rings. The van der Waals surface area contributed by atoms with Crippen LogP contribution >= 0.6 is 0 Å². The predicted octanol–water partition coefficient (Wildman–Crippen LogP) is 2.32. The number of urea groups is 1. The molecule has 1 heterocycles. The number of nitrogens with one attached hydrogen (secondary N) is 1. The van der Waals surface area contributed by atoms with E-state index in [0.29, 0.717) is 31.3 Å². The molecule has 3 atom stereocenters. The van der Waals surface area contributed by atoms with Crippen LogP contribution in [0.25, 0.3) is 0 Å². The van der Waals surface area contributed by atoms with Crippen molar-refractivity contribution in [2.45, 2.75) is 52.0 Å². The first kappa shape index (κ1) is 15.1. The number of carboxylic acids is 1. The van der Waals surface area contributed by atoms with Crippen molar-refractivity contribution in [3.8, 4) is 0 Å². The van der Waals surface area contributed by atoms with Gasteiger partial charge in [-0.05, 0) is 37.5 Å². The summed E-state index contributed by atoms with van der Waals surface area (Å²) in [7, 11) is 0. The Balaban J connectivity index is 1.92. The van der Waals surface area contributed by atoms with Crippen molar-refractivity contribution in [2.24, 2.45) is 17.8 Å². The molecular formula is C15H26N2O3. The van der Waals surface area contributed by atoms with E-state index >= 15 is 0 Å². The van der Waals surface area contributed by atoms with Crippen LogP contribution in [0.1, 0.15) is 46.0 Å². The predicted molar refractivity (Wildman–Crippen MR) is 76.4 cm³/mol. The van der Waals surface area contributed by atoms with E-state index in [-0.39, 0.29) is 12.1 Å². The van der Waals surface area contributed by atoms with Gasteiger partial charge < -0.3 is 15.3 Å². The molecular weight excluding hydrogens is 256 g/mol. The Hall–Kier alpha value is -1.26. The van der Waals surface area contributed by atoms with Crippen LogP contribution in [-0.2, 0) is 4.79 Å². The summed E-state index contributed by atoms with van der Waals surface area (Å²) in [5, 5.41) is 12.2. The topological polar surface area (TPSA) is 69.6 Å². The van der Waals surface area contributed by atoms with Crippen molar-refractivity contribution >= 4 is 12.0 Å². The van der Waals surface area contributed by atoms with Gasteiger partial charge in [-0.3, -0.25) is 4.79 Å². The number of aliphatic carboxylic acids is 1. The number of piperidine rings is 1. The number of rotatable bonds is 2. The quantitative estimate of drug-likeness (QED) is 0.816. The van der Waals surface area contributed by atoms with Crippen LogP contribution in [-0.4, -0.2) is 41.1 Å². The van der Waals surface area contributed by atoms with Crippen molar-refractivity contribution < 1.29 is 14.7 Å². The first-order chi connectivity index (χ1) is 9.49. The smallest absolute Gasteiger partial charge is 0.317 e. The Labute approximate surface area is 120 Å². The maximum absolute atomic E-state index is 12.3. The monoisotopic (exact) mass is 282 g/mol. The Bertz CT molecular complexity index is 362. The fourth-order valence-corrected chi connectivity index (χ4v) is 3.56. The summed E-state index contributed by atoms with van der Waals surface area (Å²) in [5.41, 5.74) is 0. The van der Waals surface area contributed by atoms with Crippen molar-refractivity contribution in [1.82, 2.24) is 10.2 Å². The van der Waals surface area contributed by atoms with E-state index in [2.05, 4.69) is 19.2 Å². The summed E-state index contributed by atoms with van der Waals surface area (Å²) in [6.07, 6.45) is 5.01. The molecule has 5 nitrogen and oxygen atoms in total. The molecule has 0 spiro atoms. The van der Waals surface area contributed by atoms with Crippen LogP contribution in [0, 0.1) is 17.8 Å². The number of nitrogens with zero attached hydrogens (tertiary/aromatic N) is 1. The highest BCUT2D eigenvalue weighted by molar-refractivity contribution is 5.76. The van der Waals surface area contributed by atoms with Crippen LogP contribution in [0.4, 0.5) is 4.79 Å². The molecule has 0 bridgehead atoms. The molecule has 2 amide bonds. The second-order valence-corrected chi connectivity index (χ2v) is 6.48. The molecule has 114 valence electrons. The van der Waals surface area contributed by atoms with Gasteiger partial charge >= 0.3 is 12.0 Å². The van der Waals surface area contributed by atoms with E-state index in [1.54, 1.807) is 4.90 Å². The molecule has 5 heteroatoms. The summed E-state index contributed by atoms with van der Waals surface area (Å²) < 4.78 is 0. The molecule has 2 rings (SSSR count). The van der Waals surface area contributed by atoms with E-state index in [1.165, 1.54) is 6.42 Å². The van der Waals surface area contributed by atoms with Gasteiger partial charge in [0, 0.05) is 19.1 Å². The van der Waals surface area contributed by atoms with Gasteiger partial charge in [-0.1, -0.05) is 20.3 Å². The average Bonchev–Trinajstić information content (AvgIpc) is 2.43. The highest BCUT2D eigenvalue weighted by Crippen LogP contribution is 2.29. The van der Waals surface area contributed by atoms with Crippen molar-refractivity contribution in [1.29, 1.82) is 0 Å². The van der Waals surface area contributed by atoms with Gasteiger partial charge in [0.15, 0.2) is 0 Å². The number of carbonyl (C=O) groups excluding carboxylic acids is 1. The molecule has 1 aliphatic carbocycles. The van der Waals surface area contributed by atoms with Crippen molar-refractivity contribution in [3.63, 3.8) is 0 Å². The molecule has 3 unspecified atom stereocenters. The minimum atomic E-state index is -0.790. The Morgan fingerprint density at radius 2 is 1.75 bits per heavy atom. The molecule has 0 radical (unpaired) electrons. The van der Waals surface area contributed by atoms with Crippen LogP contribution in [0.3, 0.4) is 0 Å². The second kappa shape index (κ2) is 6.46. The molecule has 0 aromatic heterocycles. The lowest BCUT2D eigenvalue weighted by Crippen LogP contribution is -2.53. The largest absolute Gasteiger partial charge is 0.481 e. The summed E-state index contributed by atoms with van der Waals surface area (Å²) in [4.78, 5) is 25.1. The Morgan fingerprint density at radius 1 is 1.10 bits per heavy atom. The van der Waals surface area contributed by atoms with Gasteiger partial charge in [0.1, 0.15) is 0 Å². The van der Waals surface area contributed by atoms with Crippen LogP contribution in [0.2, 0.25) is 0 Å². The summed E-state index contributed by atoms with van der Waals surface area (Å²) >= 11 is 0. The van der Waals surface area contributed by atoms with Gasteiger partial charge in [0.2, 0.25) is 0 Å². The maximum Gasteiger partial charge on any atom is 0.317 e. The lowest BCUT2D eigenvalue weighted by molar-refractivity contribution is -0.143. The van der Waals surface area contributed by atoms with E-state index < -0.39 is 11.9 Å². The molecule has 0 aromatic carbocycles. The van der Waals surface area contributed by atoms with Crippen LogP contribution < -0.4 is 5.32 Å². The highest BCUT2D eigenvalue weighted by Gasteiger charge is 2.32. The minimum absolute atomic E-state index is 0.0819. The highest BCUT2D eigenvalue weighted by atomic mass is 16.4. The van der Waals surface area contributed by atoms with E-state index in [0.717, 1.165) is 19.3 Å². The fraction of sp³-hybridized carbons (Fsp3) is 0.867. The van der Waals surface area contributed by atoms with Crippen molar-refractivity contribution in [2.75, 3.05) is 13.1 Å². The third-order valence-corrected chi connectivity index (χ3v) is 4.89. The van der Waals surface area contributed by atoms with Gasteiger partial charge in [-0.15, -0.1) is 0 Å². The summed E-state index contributed by atoms with van der Waals surface area (Å²) in [5.74, 6) is -0.192. The number of hydrogen-bond acceptors (Lipinski definition) is 2. The van der Waals surface area contributed by atoms with Crippen molar-refractivity contribution in [3.05, 3.63) is 0 Å². The third kappa shape index (κ3) is 3.44. The lowest BCUT2D eigenvalue weighted by atomic mass is 9.79. The normalized spacial score (nSPS) is 34.6. The average molecular weight is 282 g/mol. The van der Waals surface area contributed by atoms with E-state index in [4.69, 9.17) is 5.11 Å². The van der Waals surface area contributed by atoms with Crippen LogP contribution in [0.15, 0.2) is 0 Å². The molecule has 1 saturated heterocycles. The standard InChI is InChI=1S/C15H26N2O3/c1-10-5-3-6-11(2)13(10)16-15(20)17-8-4-7-12(9-17)14(18)19/h10-13H,3-9H2,1-2H3,(H,16,20)(H,18,19). The second-order valence-electron chi connectivity index (χ2n) is 6.48. The van der Waals surface area contributed by atoms with Gasteiger partial charge in [-0.25, -0.2) is 4.79 Å². The molecule has 1 aliphatic heterocycles. The maximum atomic E-state index is 12.3. The molecule has 20 heavy (non-hydrogen) atoms. The van der Waals surface area contributed by atoms with E-state index in [1.807, 2.05) is 0 Å². The van der Waals surface area contributed by atoms with E-state index in [9.17, 15) is 9.59 Å². The first-order valence-corrected chi connectivity index (χ1v) is 7.77. The number of amides is 2. The zero-order valence-electron chi connectivity index (χ0n) is 12.5. The van der Waals surface area contributed by atoms with Gasteiger partial charge in [0.25, 0.3) is 0 Å².